The van der Waals surface area contributed by atoms with E-state index in [2.05, 4.69) is 10.5 Å². The summed E-state index contributed by atoms with van der Waals surface area (Å²) in [5.74, 6) is 0.586. The third-order valence-electron chi connectivity index (χ3n) is 4.62. The zero-order valence-electron chi connectivity index (χ0n) is 17.3. The van der Waals surface area contributed by atoms with Crippen LogP contribution in [0.5, 0.6) is 0 Å². The quantitative estimate of drug-likeness (QED) is 0.359. The molecule has 0 bridgehead atoms. The maximum absolute atomic E-state index is 12.1. The summed E-state index contributed by atoms with van der Waals surface area (Å²) in [4.78, 5) is 23.8. The van der Waals surface area contributed by atoms with Gasteiger partial charge in [-0.3, -0.25) is 4.79 Å². The van der Waals surface area contributed by atoms with E-state index in [0.29, 0.717) is 23.7 Å². The van der Waals surface area contributed by atoms with Gasteiger partial charge in [0, 0.05) is 5.56 Å². The highest BCUT2D eigenvalue weighted by atomic mass is 16.5. The van der Waals surface area contributed by atoms with Crippen LogP contribution in [0.3, 0.4) is 0 Å². The Bertz CT molecular complexity index is 1070. The van der Waals surface area contributed by atoms with E-state index >= 15 is 0 Å². The molecule has 0 fully saturated rings. The third kappa shape index (κ3) is 5.44. The molecule has 30 heavy (non-hydrogen) atoms. The molecule has 0 aliphatic heterocycles. The number of rotatable bonds is 7. The normalized spacial score (nSPS) is 10.9. The average molecular weight is 404 g/mol. The van der Waals surface area contributed by atoms with Crippen LogP contribution in [0.1, 0.15) is 39.7 Å². The first-order valence-electron chi connectivity index (χ1n) is 9.71. The topological polar surface area (TPSA) is 80.9 Å². The van der Waals surface area contributed by atoms with E-state index in [1.165, 1.54) is 11.8 Å². The van der Waals surface area contributed by atoms with Gasteiger partial charge in [-0.1, -0.05) is 30.3 Å². The number of amides is 1. The summed E-state index contributed by atoms with van der Waals surface area (Å²) in [5.41, 5.74) is 7.11. The Morgan fingerprint density at radius 3 is 2.50 bits per heavy atom. The van der Waals surface area contributed by atoms with Crippen LogP contribution < -0.4 is 5.43 Å². The maximum atomic E-state index is 12.1. The first kappa shape index (κ1) is 21.0. The van der Waals surface area contributed by atoms with E-state index in [9.17, 15) is 9.59 Å². The van der Waals surface area contributed by atoms with Gasteiger partial charge in [0.25, 0.3) is 0 Å². The Hall–Kier alpha value is -3.67. The van der Waals surface area contributed by atoms with Gasteiger partial charge in [0.1, 0.15) is 11.5 Å². The lowest BCUT2D eigenvalue weighted by molar-refractivity contribution is -0.120. The van der Waals surface area contributed by atoms with Crippen molar-refractivity contribution >= 4 is 18.1 Å². The summed E-state index contributed by atoms with van der Waals surface area (Å²) in [6.07, 6.45) is 1.71. The molecule has 154 valence electrons. The zero-order chi connectivity index (χ0) is 21.5. The minimum atomic E-state index is -0.354. The summed E-state index contributed by atoms with van der Waals surface area (Å²) < 4.78 is 10.7. The average Bonchev–Trinajstić information content (AvgIpc) is 3.20. The second kappa shape index (κ2) is 9.69. The number of carbonyl (C=O) groups is 2. The second-order valence-electron chi connectivity index (χ2n) is 6.89. The Morgan fingerprint density at radius 2 is 1.80 bits per heavy atom. The maximum Gasteiger partial charge on any atom is 0.338 e. The summed E-state index contributed by atoms with van der Waals surface area (Å²) >= 11 is 0. The van der Waals surface area contributed by atoms with Crippen molar-refractivity contribution in [3.05, 3.63) is 82.6 Å². The van der Waals surface area contributed by atoms with Gasteiger partial charge >= 0.3 is 5.97 Å². The van der Waals surface area contributed by atoms with Crippen LogP contribution in [0.4, 0.5) is 0 Å². The molecule has 2 aromatic carbocycles. The molecule has 1 aromatic heterocycles. The van der Waals surface area contributed by atoms with E-state index in [0.717, 1.165) is 16.7 Å². The summed E-state index contributed by atoms with van der Waals surface area (Å²) in [6.45, 7) is 6.16. The van der Waals surface area contributed by atoms with Crippen LogP contribution in [-0.2, 0) is 16.0 Å². The third-order valence-corrected chi connectivity index (χ3v) is 4.62. The highest BCUT2D eigenvalue weighted by Crippen LogP contribution is 2.22. The van der Waals surface area contributed by atoms with Crippen molar-refractivity contribution in [3.63, 3.8) is 0 Å². The van der Waals surface area contributed by atoms with E-state index in [1.54, 1.807) is 43.3 Å². The van der Waals surface area contributed by atoms with Crippen molar-refractivity contribution in [2.75, 3.05) is 6.61 Å². The van der Waals surface area contributed by atoms with Crippen LogP contribution >= 0.6 is 0 Å². The molecule has 0 unspecified atom stereocenters. The Balaban J connectivity index is 1.57. The Kier molecular flexibility index (Phi) is 6.80. The molecular weight excluding hydrogens is 380 g/mol. The van der Waals surface area contributed by atoms with E-state index < -0.39 is 0 Å². The molecule has 6 heteroatoms. The first-order valence-corrected chi connectivity index (χ1v) is 9.71. The Morgan fingerprint density at radius 1 is 1.03 bits per heavy atom. The number of ether oxygens (including phenoxy) is 1. The molecule has 3 aromatic rings. The largest absolute Gasteiger partial charge is 0.462 e. The van der Waals surface area contributed by atoms with Crippen LogP contribution in [0, 0.1) is 13.8 Å². The highest BCUT2D eigenvalue weighted by molar-refractivity contribution is 5.90. The second-order valence-corrected chi connectivity index (χ2v) is 6.89. The van der Waals surface area contributed by atoms with Crippen molar-refractivity contribution in [2.24, 2.45) is 5.10 Å². The van der Waals surface area contributed by atoms with E-state index in [4.69, 9.17) is 9.15 Å². The lowest BCUT2D eigenvalue weighted by Gasteiger charge is -2.04. The fourth-order valence-corrected chi connectivity index (χ4v) is 2.87. The van der Waals surface area contributed by atoms with Crippen molar-refractivity contribution in [3.8, 4) is 11.3 Å². The Labute approximate surface area is 175 Å². The van der Waals surface area contributed by atoms with Crippen LogP contribution in [-0.4, -0.2) is 24.7 Å². The SMILES string of the molecule is CCOC(=O)c1ccc(-c2ccc(C=NNC(=O)Cc3ccc(C)c(C)c3)o2)cc1. The molecule has 0 aliphatic carbocycles. The number of hydrogen-bond acceptors (Lipinski definition) is 5. The number of nitrogens with zero attached hydrogens (tertiary/aromatic N) is 1. The van der Waals surface area contributed by atoms with Gasteiger partial charge in [-0.2, -0.15) is 5.10 Å². The van der Waals surface area contributed by atoms with Crippen molar-refractivity contribution < 1.29 is 18.7 Å². The van der Waals surface area contributed by atoms with Gasteiger partial charge in [0.05, 0.1) is 24.8 Å². The fourth-order valence-electron chi connectivity index (χ4n) is 2.87. The monoisotopic (exact) mass is 404 g/mol. The van der Waals surface area contributed by atoms with Crippen LogP contribution in [0.25, 0.3) is 11.3 Å². The summed E-state index contributed by atoms with van der Waals surface area (Å²) in [5, 5.41) is 3.96. The highest BCUT2D eigenvalue weighted by Gasteiger charge is 2.09. The number of aryl methyl sites for hydroxylation is 2. The molecule has 1 N–H and O–H groups in total. The van der Waals surface area contributed by atoms with Crippen molar-refractivity contribution in [1.29, 1.82) is 0 Å². The molecule has 0 aliphatic rings. The minimum Gasteiger partial charge on any atom is -0.462 e. The van der Waals surface area contributed by atoms with Gasteiger partial charge in [0.2, 0.25) is 5.91 Å². The molecule has 0 saturated heterocycles. The minimum absolute atomic E-state index is 0.198. The molecule has 1 heterocycles. The molecular formula is C24H24N2O4. The van der Waals surface area contributed by atoms with Gasteiger partial charge in [-0.25, -0.2) is 10.2 Å². The summed E-state index contributed by atoms with van der Waals surface area (Å²) in [6, 6.07) is 16.5. The number of nitrogens with one attached hydrogen (secondary N) is 1. The van der Waals surface area contributed by atoms with E-state index in [1.807, 2.05) is 32.0 Å². The lowest BCUT2D eigenvalue weighted by Crippen LogP contribution is -2.19. The molecule has 6 nitrogen and oxygen atoms in total. The van der Waals surface area contributed by atoms with Crippen LogP contribution in [0.2, 0.25) is 0 Å². The summed E-state index contributed by atoms with van der Waals surface area (Å²) in [7, 11) is 0. The number of hydrogen-bond donors (Lipinski definition) is 1. The number of hydrazone groups is 1. The van der Waals surface area contributed by atoms with Crippen LogP contribution in [0.15, 0.2) is 64.1 Å². The number of benzene rings is 2. The van der Waals surface area contributed by atoms with Crippen molar-refractivity contribution in [2.45, 2.75) is 27.2 Å². The van der Waals surface area contributed by atoms with Gasteiger partial charge in [-0.05, 0) is 61.7 Å². The van der Waals surface area contributed by atoms with Gasteiger partial charge in [-0.15, -0.1) is 0 Å². The number of carbonyl (C=O) groups excluding carboxylic acids is 2. The fraction of sp³-hybridized carbons (Fsp3) is 0.208. The first-order chi connectivity index (χ1) is 14.5. The van der Waals surface area contributed by atoms with Crippen molar-refractivity contribution in [1.82, 2.24) is 5.43 Å². The number of furan rings is 1. The standard InChI is InChI=1S/C24H24N2O4/c1-4-29-24(28)20-9-7-19(8-10-20)22-12-11-21(30-22)15-25-26-23(27)14-18-6-5-16(2)17(3)13-18/h5-13,15H,4,14H2,1-3H3,(H,26,27). The van der Waals surface area contributed by atoms with Gasteiger partial charge < -0.3 is 9.15 Å². The number of esters is 1. The smallest absolute Gasteiger partial charge is 0.338 e. The molecule has 0 radical (unpaired) electrons. The van der Waals surface area contributed by atoms with Gasteiger partial charge in [0.15, 0.2) is 0 Å². The molecule has 1 amide bonds. The van der Waals surface area contributed by atoms with E-state index in [-0.39, 0.29) is 18.3 Å². The molecule has 0 atom stereocenters. The predicted octanol–water partition coefficient (Wildman–Crippen LogP) is 4.43. The lowest BCUT2D eigenvalue weighted by atomic mass is 10.0. The molecule has 0 spiro atoms. The molecule has 3 rings (SSSR count). The predicted molar refractivity (Wildman–Crippen MR) is 115 cm³/mol. The zero-order valence-corrected chi connectivity index (χ0v) is 17.3. The molecule has 0 saturated carbocycles.